The molecule has 0 aromatic heterocycles. The minimum Gasteiger partial charge on any atom is -0.396 e. The third kappa shape index (κ3) is 2.80. The number of hydrogen-bond acceptors (Lipinski definition) is 2. The van der Waals surface area contributed by atoms with Crippen molar-refractivity contribution in [2.45, 2.75) is 45.4 Å². The van der Waals surface area contributed by atoms with E-state index in [1.807, 2.05) is 0 Å². The fraction of sp³-hybridized carbons (Fsp3) is 0.909. The molecule has 0 spiro atoms. The molecule has 13 heavy (non-hydrogen) atoms. The van der Waals surface area contributed by atoms with Gasteiger partial charge in [0.05, 0.1) is 0 Å². The van der Waals surface area contributed by atoms with Gasteiger partial charge in [-0.2, -0.15) is 0 Å². The maximum Gasteiger partial charge on any atom is 0.126 e. The summed E-state index contributed by atoms with van der Waals surface area (Å²) in [5, 5.41) is 8.76. The van der Waals surface area contributed by atoms with Crippen LogP contribution in [-0.2, 0) is 4.79 Å². The summed E-state index contributed by atoms with van der Waals surface area (Å²) < 4.78 is 0. The molecule has 0 radical (unpaired) electrons. The van der Waals surface area contributed by atoms with Gasteiger partial charge < -0.3 is 9.90 Å². The normalized spacial score (nSPS) is 34.5. The lowest BCUT2D eigenvalue weighted by atomic mass is 9.69. The molecule has 2 heteroatoms. The summed E-state index contributed by atoms with van der Waals surface area (Å²) in [6.07, 6.45) is 7.26. The van der Waals surface area contributed by atoms with Crippen LogP contribution >= 0.6 is 0 Å². The molecule has 2 nitrogen and oxygen atoms in total. The fourth-order valence-corrected chi connectivity index (χ4v) is 2.52. The third-order valence-corrected chi connectivity index (χ3v) is 3.21. The van der Waals surface area contributed by atoms with Crippen molar-refractivity contribution in [1.82, 2.24) is 0 Å². The van der Waals surface area contributed by atoms with E-state index < -0.39 is 0 Å². The molecule has 0 aliphatic heterocycles. The van der Waals surface area contributed by atoms with Crippen molar-refractivity contribution in [3.63, 3.8) is 0 Å². The molecule has 0 heterocycles. The first-order chi connectivity index (χ1) is 6.22. The highest BCUT2D eigenvalue weighted by Crippen LogP contribution is 2.40. The number of carbonyl (C=O) groups is 1. The Balaban J connectivity index is 2.51. The first-order valence-electron chi connectivity index (χ1n) is 5.30. The SMILES string of the molecule is CC1CCCC(C=O)(CCCO)C1. The highest BCUT2D eigenvalue weighted by atomic mass is 16.2. The van der Waals surface area contributed by atoms with E-state index in [1.165, 1.54) is 12.8 Å². The minimum absolute atomic E-state index is 0.0968. The maximum absolute atomic E-state index is 11.1. The summed E-state index contributed by atoms with van der Waals surface area (Å²) in [5.41, 5.74) is -0.0968. The monoisotopic (exact) mass is 184 g/mol. The topological polar surface area (TPSA) is 37.3 Å². The molecule has 2 unspecified atom stereocenters. The number of hydrogen-bond donors (Lipinski definition) is 1. The second-order valence-electron chi connectivity index (χ2n) is 4.51. The average Bonchev–Trinajstić information content (AvgIpc) is 2.15. The van der Waals surface area contributed by atoms with Crippen LogP contribution in [0.4, 0.5) is 0 Å². The summed E-state index contributed by atoms with van der Waals surface area (Å²) in [7, 11) is 0. The van der Waals surface area contributed by atoms with Gasteiger partial charge in [0, 0.05) is 12.0 Å². The number of aliphatic hydroxyl groups excluding tert-OH is 1. The molecule has 1 saturated carbocycles. The molecule has 0 aromatic rings. The first kappa shape index (κ1) is 10.7. The van der Waals surface area contributed by atoms with Gasteiger partial charge in [-0.25, -0.2) is 0 Å². The van der Waals surface area contributed by atoms with Crippen molar-refractivity contribution in [2.24, 2.45) is 11.3 Å². The molecule has 2 atom stereocenters. The Morgan fingerprint density at radius 1 is 1.62 bits per heavy atom. The van der Waals surface area contributed by atoms with Crippen molar-refractivity contribution in [2.75, 3.05) is 6.61 Å². The highest BCUT2D eigenvalue weighted by Gasteiger charge is 2.33. The second-order valence-corrected chi connectivity index (χ2v) is 4.51. The molecule has 0 saturated heterocycles. The number of aliphatic hydroxyl groups is 1. The predicted octanol–water partition coefficient (Wildman–Crippen LogP) is 2.15. The molecule has 0 amide bonds. The van der Waals surface area contributed by atoms with Crippen molar-refractivity contribution >= 4 is 6.29 Å². The molecular weight excluding hydrogens is 164 g/mol. The lowest BCUT2D eigenvalue weighted by molar-refractivity contribution is -0.119. The Morgan fingerprint density at radius 3 is 2.92 bits per heavy atom. The Labute approximate surface area is 80.3 Å². The quantitative estimate of drug-likeness (QED) is 0.680. The van der Waals surface area contributed by atoms with Crippen LogP contribution in [0.25, 0.3) is 0 Å². The van der Waals surface area contributed by atoms with Gasteiger partial charge in [0.1, 0.15) is 6.29 Å². The molecule has 0 bridgehead atoms. The molecule has 1 fully saturated rings. The van der Waals surface area contributed by atoms with Crippen LogP contribution in [0.15, 0.2) is 0 Å². The summed E-state index contributed by atoms with van der Waals surface area (Å²) in [5.74, 6) is 0.678. The van der Waals surface area contributed by atoms with Gasteiger partial charge >= 0.3 is 0 Å². The summed E-state index contributed by atoms with van der Waals surface area (Å²) >= 11 is 0. The van der Waals surface area contributed by atoms with E-state index in [0.717, 1.165) is 32.0 Å². The van der Waals surface area contributed by atoms with E-state index >= 15 is 0 Å². The molecule has 0 aromatic carbocycles. The van der Waals surface area contributed by atoms with Crippen LogP contribution in [0.5, 0.6) is 0 Å². The fourth-order valence-electron chi connectivity index (χ4n) is 2.52. The van der Waals surface area contributed by atoms with Gasteiger partial charge in [0.15, 0.2) is 0 Å². The summed E-state index contributed by atoms with van der Waals surface area (Å²) in [6.45, 7) is 2.43. The van der Waals surface area contributed by atoms with E-state index in [0.29, 0.717) is 5.92 Å². The first-order valence-corrected chi connectivity index (χ1v) is 5.30. The number of carbonyl (C=O) groups excluding carboxylic acids is 1. The zero-order valence-corrected chi connectivity index (χ0v) is 8.46. The van der Waals surface area contributed by atoms with Gasteiger partial charge in [-0.3, -0.25) is 0 Å². The lowest BCUT2D eigenvalue weighted by Crippen LogP contribution is -2.29. The van der Waals surface area contributed by atoms with Crippen LogP contribution in [0, 0.1) is 11.3 Å². The van der Waals surface area contributed by atoms with E-state index in [-0.39, 0.29) is 12.0 Å². The van der Waals surface area contributed by atoms with Crippen LogP contribution in [0.2, 0.25) is 0 Å². The standard InChI is InChI=1S/C11H20O2/c1-10-4-2-5-11(8-10,9-13)6-3-7-12/h9-10,12H,2-8H2,1H3. The van der Waals surface area contributed by atoms with Gasteiger partial charge in [0.25, 0.3) is 0 Å². The van der Waals surface area contributed by atoms with Crippen LogP contribution in [0.3, 0.4) is 0 Å². The number of aldehydes is 1. The van der Waals surface area contributed by atoms with Crippen molar-refractivity contribution in [3.8, 4) is 0 Å². The molecule has 1 aliphatic rings. The highest BCUT2D eigenvalue weighted by molar-refractivity contribution is 5.59. The minimum atomic E-state index is -0.0968. The van der Waals surface area contributed by atoms with Gasteiger partial charge in [-0.05, 0) is 31.6 Å². The van der Waals surface area contributed by atoms with E-state index in [9.17, 15) is 4.79 Å². The van der Waals surface area contributed by atoms with Crippen LogP contribution in [-0.4, -0.2) is 18.0 Å². The Hall–Kier alpha value is -0.370. The predicted molar refractivity (Wildman–Crippen MR) is 52.4 cm³/mol. The van der Waals surface area contributed by atoms with Gasteiger partial charge in [-0.1, -0.05) is 19.8 Å². The largest absolute Gasteiger partial charge is 0.396 e. The summed E-state index contributed by atoms with van der Waals surface area (Å²) in [4.78, 5) is 11.1. The van der Waals surface area contributed by atoms with Crippen molar-refractivity contribution in [3.05, 3.63) is 0 Å². The maximum atomic E-state index is 11.1. The summed E-state index contributed by atoms with van der Waals surface area (Å²) in [6, 6.07) is 0. The average molecular weight is 184 g/mol. The third-order valence-electron chi connectivity index (χ3n) is 3.21. The zero-order valence-electron chi connectivity index (χ0n) is 8.46. The van der Waals surface area contributed by atoms with Crippen LogP contribution < -0.4 is 0 Å². The Bertz CT molecular complexity index is 167. The van der Waals surface area contributed by atoms with E-state index in [4.69, 9.17) is 5.11 Å². The van der Waals surface area contributed by atoms with Gasteiger partial charge in [-0.15, -0.1) is 0 Å². The molecule has 1 N–H and O–H groups in total. The Kier molecular flexibility index (Phi) is 3.91. The lowest BCUT2D eigenvalue weighted by Gasteiger charge is -2.35. The van der Waals surface area contributed by atoms with E-state index in [1.54, 1.807) is 0 Å². The number of rotatable bonds is 4. The van der Waals surface area contributed by atoms with Gasteiger partial charge in [0.2, 0.25) is 0 Å². The van der Waals surface area contributed by atoms with Crippen molar-refractivity contribution < 1.29 is 9.90 Å². The molecular formula is C11H20O2. The Morgan fingerprint density at radius 2 is 2.38 bits per heavy atom. The molecule has 1 rings (SSSR count). The molecule has 76 valence electrons. The van der Waals surface area contributed by atoms with E-state index in [2.05, 4.69) is 6.92 Å². The van der Waals surface area contributed by atoms with Crippen LogP contribution in [0.1, 0.15) is 45.4 Å². The smallest absolute Gasteiger partial charge is 0.126 e. The zero-order chi connectivity index (χ0) is 9.73. The second kappa shape index (κ2) is 4.75. The van der Waals surface area contributed by atoms with Crippen molar-refractivity contribution in [1.29, 1.82) is 0 Å². The molecule has 1 aliphatic carbocycles.